The van der Waals surface area contributed by atoms with Crippen LogP contribution in [-0.4, -0.2) is 37.2 Å². The molecule has 0 fully saturated rings. The molecule has 0 aliphatic rings. The average molecular weight is 1110 g/mol. The van der Waals surface area contributed by atoms with Crippen molar-refractivity contribution >= 4 is 17.9 Å². The first kappa shape index (κ1) is 76.1. The van der Waals surface area contributed by atoms with Gasteiger partial charge in [0.2, 0.25) is 0 Å². The van der Waals surface area contributed by atoms with Crippen molar-refractivity contribution < 1.29 is 28.6 Å². The van der Waals surface area contributed by atoms with E-state index in [-0.39, 0.29) is 31.1 Å². The van der Waals surface area contributed by atoms with Gasteiger partial charge in [0.05, 0.1) is 0 Å². The summed E-state index contributed by atoms with van der Waals surface area (Å²) in [7, 11) is 0. The van der Waals surface area contributed by atoms with Gasteiger partial charge in [0.25, 0.3) is 0 Å². The third-order valence-corrected chi connectivity index (χ3v) is 15.5. The highest BCUT2D eigenvalue weighted by molar-refractivity contribution is 5.71. The number of rotatable bonds is 64. The molecule has 0 rings (SSSR count). The molecule has 0 aliphatic carbocycles. The molecule has 0 aromatic rings. The van der Waals surface area contributed by atoms with Crippen LogP contribution in [0.3, 0.4) is 0 Å². The summed E-state index contributed by atoms with van der Waals surface area (Å²) in [4.78, 5) is 38.4. The molecule has 1 atom stereocenters. The van der Waals surface area contributed by atoms with E-state index in [1.54, 1.807) is 0 Å². The molecule has 79 heavy (non-hydrogen) atoms. The number of ether oxygens (including phenoxy) is 3. The lowest BCUT2D eigenvalue weighted by atomic mass is 10.0. The quantitative estimate of drug-likeness (QED) is 0.0261. The monoisotopic (exact) mass is 1110 g/mol. The van der Waals surface area contributed by atoms with Gasteiger partial charge in [-0.1, -0.05) is 326 Å². The Kier molecular flexibility index (Phi) is 65.1. The van der Waals surface area contributed by atoms with Crippen molar-refractivity contribution in [1.29, 1.82) is 0 Å². The maximum Gasteiger partial charge on any atom is 0.306 e. The van der Waals surface area contributed by atoms with Crippen molar-refractivity contribution in [2.45, 2.75) is 374 Å². The Morgan fingerprint density at radius 3 is 0.785 bits per heavy atom. The Labute approximate surface area is 491 Å². The van der Waals surface area contributed by atoms with Gasteiger partial charge in [0.15, 0.2) is 6.10 Å². The summed E-state index contributed by atoms with van der Waals surface area (Å²) >= 11 is 0. The summed E-state index contributed by atoms with van der Waals surface area (Å²) in [6.07, 6.45) is 86.7. The van der Waals surface area contributed by atoms with Gasteiger partial charge in [0, 0.05) is 19.3 Å². The van der Waals surface area contributed by atoms with Crippen LogP contribution in [0.5, 0.6) is 0 Å². The number of carbonyl (C=O) groups excluding carboxylic acids is 3. The van der Waals surface area contributed by atoms with Gasteiger partial charge in [-0.2, -0.15) is 0 Å². The highest BCUT2D eigenvalue weighted by Gasteiger charge is 2.19. The second-order valence-corrected chi connectivity index (χ2v) is 23.4. The first-order chi connectivity index (χ1) is 39.0. The zero-order valence-corrected chi connectivity index (χ0v) is 52.9. The van der Waals surface area contributed by atoms with Gasteiger partial charge in [0.1, 0.15) is 13.2 Å². The van der Waals surface area contributed by atoms with Crippen LogP contribution >= 0.6 is 0 Å². The van der Waals surface area contributed by atoms with E-state index in [0.29, 0.717) is 19.3 Å². The summed E-state index contributed by atoms with van der Waals surface area (Å²) in [6, 6.07) is 0. The Balaban J connectivity index is 4.32. The molecule has 0 saturated carbocycles. The van der Waals surface area contributed by atoms with Gasteiger partial charge >= 0.3 is 17.9 Å². The first-order valence-corrected chi connectivity index (χ1v) is 34.8. The highest BCUT2D eigenvalue weighted by Crippen LogP contribution is 2.18. The average Bonchev–Trinajstić information content (AvgIpc) is 3.45. The fourth-order valence-electron chi connectivity index (χ4n) is 10.3. The van der Waals surface area contributed by atoms with E-state index in [4.69, 9.17) is 14.2 Å². The van der Waals surface area contributed by atoms with E-state index in [0.717, 1.165) is 96.3 Å². The molecule has 0 N–H and O–H groups in total. The Hall–Kier alpha value is -2.89. The molecule has 6 nitrogen and oxygen atoms in total. The number of allylic oxidation sites excluding steroid dienone is 10. The lowest BCUT2D eigenvalue weighted by Gasteiger charge is -2.18. The molecule has 0 radical (unpaired) electrons. The van der Waals surface area contributed by atoms with E-state index >= 15 is 0 Å². The summed E-state index contributed by atoms with van der Waals surface area (Å²) in [5.41, 5.74) is 0. The minimum atomic E-state index is -0.782. The van der Waals surface area contributed by atoms with Crippen LogP contribution in [0.1, 0.15) is 367 Å². The number of carbonyl (C=O) groups is 3. The van der Waals surface area contributed by atoms with Crippen LogP contribution in [0.2, 0.25) is 0 Å². The molecular formula is C73H132O6. The predicted octanol–water partition coefficient (Wildman–Crippen LogP) is 23.9. The van der Waals surface area contributed by atoms with E-state index in [1.807, 2.05) is 0 Å². The zero-order valence-electron chi connectivity index (χ0n) is 52.9. The van der Waals surface area contributed by atoms with E-state index < -0.39 is 6.10 Å². The first-order valence-electron chi connectivity index (χ1n) is 34.8. The molecule has 6 heteroatoms. The molecule has 1 unspecified atom stereocenters. The van der Waals surface area contributed by atoms with Crippen LogP contribution in [-0.2, 0) is 28.6 Å². The fraction of sp³-hybridized carbons (Fsp3) is 0.822. The van der Waals surface area contributed by atoms with Crippen LogP contribution in [0, 0.1) is 0 Å². The van der Waals surface area contributed by atoms with Crippen molar-refractivity contribution in [2.24, 2.45) is 0 Å². The summed E-state index contributed by atoms with van der Waals surface area (Å²) in [5, 5.41) is 0. The van der Waals surface area contributed by atoms with Crippen molar-refractivity contribution in [1.82, 2.24) is 0 Å². The van der Waals surface area contributed by atoms with Gasteiger partial charge in [-0.15, -0.1) is 0 Å². The molecule has 0 aromatic heterocycles. The van der Waals surface area contributed by atoms with E-state index in [2.05, 4.69) is 81.5 Å². The standard InChI is InChI=1S/C73H132O6/c1-4-7-10-13-16-19-22-25-28-31-33-35-36-37-39-40-42-45-48-51-54-57-60-63-66-72(75)78-69-70(68-77-71(74)65-62-59-56-53-50-47-44-30-27-24-21-18-15-12-9-6-3)79-73(76)67-64-61-58-55-52-49-46-43-41-38-34-32-29-26-23-20-17-14-11-8-5-2/h8,11,17,20,26,29-30,34,38,44,70H,4-7,9-10,12-16,18-19,21-25,27-28,31-33,35-37,39-43,45-69H2,1-3H3/b11-8-,20-17-,29-26-,38-34-,44-30-. The highest BCUT2D eigenvalue weighted by atomic mass is 16.6. The summed E-state index contributed by atoms with van der Waals surface area (Å²) in [5.74, 6) is -0.870. The molecule has 0 aromatic carbocycles. The SMILES string of the molecule is CC/C=C\C/C=C\C/C=C\C/C=C\CCCCCCCCCCC(=O)OC(COC(=O)CCCCCCC/C=C\CCCCCCCCC)COC(=O)CCCCCCCCCCCCCCCCCCCCCCCCCC. The van der Waals surface area contributed by atoms with E-state index in [9.17, 15) is 14.4 Å². The minimum Gasteiger partial charge on any atom is -0.462 e. The topological polar surface area (TPSA) is 78.9 Å². The predicted molar refractivity (Wildman–Crippen MR) is 344 cm³/mol. The van der Waals surface area contributed by atoms with Crippen molar-refractivity contribution in [3.63, 3.8) is 0 Å². The summed E-state index contributed by atoms with van der Waals surface area (Å²) in [6.45, 7) is 6.58. The Bertz CT molecular complexity index is 1410. The zero-order chi connectivity index (χ0) is 57.1. The number of hydrogen-bond acceptors (Lipinski definition) is 6. The third-order valence-electron chi connectivity index (χ3n) is 15.5. The summed E-state index contributed by atoms with van der Waals surface area (Å²) < 4.78 is 17.0. The Morgan fingerprint density at radius 1 is 0.266 bits per heavy atom. The van der Waals surface area contributed by atoms with Crippen LogP contribution in [0.4, 0.5) is 0 Å². The lowest BCUT2D eigenvalue weighted by Crippen LogP contribution is -2.30. The lowest BCUT2D eigenvalue weighted by molar-refractivity contribution is -0.167. The molecule has 0 spiro atoms. The van der Waals surface area contributed by atoms with Crippen LogP contribution in [0.15, 0.2) is 60.8 Å². The molecule has 460 valence electrons. The molecule has 0 saturated heterocycles. The third kappa shape index (κ3) is 65.8. The fourth-order valence-corrected chi connectivity index (χ4v) is 10.3. The smallest absolute Gasteiger partial charge is 0.306 e. The maximum absolute atomic E-state index is 12.9. The number of unbranched alkanes of at least 4 members (excludes halogenated alkanes) is 43. The van der Waals surface area contributed by atoms with Gasteiger partial charge in [-0.25, -0.2) is 0 Å². The van der Waals surface area contributed by atoms with E-state index in [1.165, 1.54) is 231 Å². The molecular weight excluding hydrogens is 973 g/mol. The van der Waals surface area contributed by atoms with Gasteiger partial charge in [-0.3, -0.25) is 14.4 Å². The van der Waals surface area contributed by atoms with Crippen molar-refractivity contribution in [3.05, 3.63) is 60.8 Å². The molecule has 0 amide bonds. The number of esters is 3. The van der Waals surface area contributed by atoms with Crippen molar-refractivity contribution in [2.75, 3.05) is 13.2 Å². The van der Waals surface area contributed by atoms with Crippen molar-refractivity contribution in [3.8, 4) is 0 Å². The second-order valence-electron chi connectivity index (χ2n) is 23.4. The number of hydrogen-bond donors (Lipinski definition) is 0. The molecule has 0 heterocycles. The van der Waals surface area contributed by atoms with Crippen LogP contribution in [0.25, 0.3) is 0 Å². The molecule has 0 bridgehead atoms. The Morgan fingerprint density at radius 2 is 0.494 bits per heavy atom. The normalized spacial score (nSPS) is 12.4. The van der Waals surface area contributed by atoms with Gasteiger partial charge < -0.3 is 14.2 Å². The van der Waals surface area contributed by atoms with Crippen LogP contribution < -0.4 is 0 Å². The second kappa shape index (κ2) is 67.6. The largest absolute Gasteiger partial charge is 0.462 e. The minimum absolute atomic E-state index is 0.0764. The molecule has 0 aliphatic heterocycles. The van der Waals surface area contributed by atoms with Gasteiger partial charge in [-0.05, 0) is 83.5 Å². The maximum atomic E-state index is 12.9.